The first-order chi connectivity index (χ1) is 8.63. The lowest BCUT2D eigenvalue weighted by molar-refractivity contribution is 0.745. The van der Waals surface area contributed by atoms with E-state index in [0.29, 0.717) is 12.0 Å². The lowest BCUT2D eigenvalue weighted by Crippen LogP contribution is -2.27. The van der Waals surface area contributed by atoms with Crippen LogP contribution in [0.15, 0.2) is 6.20 Å². The standard InChI is InChI=1S/C12H20N6/c1-5-6-13-12-15-10-9(7-14-17-10)11(16-12)18(4)8(2)3/h7-8H,5-6H2,1-4H3,(H2,13,14,15,16,17). The van der Waals surface area contributed by atoms with Crippen LogP contribution in [0.3, 0.4) is 0 Å². The van der Waals surface area contributed by atoms with Gasteiger partial charge in [0.2, 0.25) is 5.95 Å². The third-order valence-corrected chi connectivity index (χ3v) is 2.93. The van der Waals surface area contributed by atoms with Crippen molar-refractivity contribution in [3.8, 4) is 0 Å². The van der Waals surface area contributed by atoms with Gasteiger partial charge in [0.05, 0.1) is 11.6 Å². The molecule has 0 saturated carbocycles. The largest absolute Gasteiger partial charge is 0.356 e. The molecular weight excluding hydrogens is 228 g/mol. The Kier molecular flexibility index (Phi) is 3.64. The maximum atomic E-state index is 4.58. The van der Waals surface area contributed by atoms with E-state index in [-0.39, 0.29) is 0 Å². The van der Waals surface area contributed by atoms with Crippen LogP contribution < -0.4 is 10.2 Å². The first kappa shape index (κ1) is 12.6. The van der Waals surface area contributed by atoms with Crippen LogP contribution in [-0.2, 0) is 0 Å². The summed E-state index contributed by atoms with van der Waals surface area (Å²) in [6.45, 7) is 7.24. The van der Waals surface area contributed by atoms with Gasteiger partial charge in [-0.15, -0.1) is 0 Å². The highest BCUT2D eigenvalue weighted by molar-refractivity contribution is 5.87. The summed E-state index contributed by atoms with van der Waals surface area (Å²) >= 11 is 0. The van der Waals surface area contributed by atoms with Crippen LogP contribution in [-0.4, -0.2) is 39.8 Å². The van der Waals surface area contributed by atoms with Gasteiger partial charge in [0.1, 0.15) is 5.82 Å². The average Bonchev–Trinajstić information content (AvgIpc) is 2.82. The fourth-order valence-corrected chi connectivity index (χ4v) is 1.65. The number of rotatable bonds is 5. The molecule has 0 saturated heterocycles. The zero-order valence-corrected chi connectivity index (χ0v) is 11.4. The number of hydrogen-bond donors (Lipinski definition) is 2. The molecule has 2 N–H and O–H groups in total. The van der Waals surface area contributed by atoms with Gasteiger partial charge >= 0.3 is 0 Å². The predicted octanol–water partition coefficient (Wildman–Crippen LogP) is 2.02. The number of aromatic nitrogens is 4. The molecule has 2 rings (SSSR count). The highest BCUT2D eigenvalue weighted by Gasteiger charge is 2.14. The highest BCUT2D eigenvalue weighted by Crippen LogP contribution is 2.24. The summed E-state index contributed by atoms with van der Waals surface area (Å²) in [5.74, 6) is 1.55. The van der Waals surface area contributed by atoms with Crippen molar-refractivity contribution in [2.75, 3.05) is 23.8 Å². The molecule has 6 heteroatoms. The molecule has 6 nitrogen and oxygen atoms in total. The van der Waals surface area contributed by atoms with Crippen LogP contribution >= 0.6 is 0 Å². The Morgan fingerprint density at radius 1 is 1.39 bits per heavy atom. The molecule has 0 unspecified atom stereocenters. The molecule has 0 atom stereocenters. The molecule has 0 radical (unpaired) electrons. The summed E-state index contributed by atoms with van der Waals surface area (Å²) in [5, 5.41) is 11.1. The molecule has 0 spiro atoms. The van der Waals surface area contributed by atoms with E-state index in [2.05, 4.69) is 51.2 Å². The molecule has 0 aromatic carbocycles. The van der Waals surface area contributed by atoms with Crippen LogP contribution in [0.25, 0.3) is 11.0 Å². The molecule has 2 aromatic rings. The van der Waals surface area contributed by atoms with Crippen molar-refractivity contribution in [2.45, 2.75) is 33.2 Å². The molecule has 0 aliphatic rings. The molecule has 0 aliphatic carbocycles. The Hall–Kier alpha value is -1.85. The van der Waals surface area contributed by atoms with E-state index in [4.69, 9.17) is 0 Å². The number of anilines is 2. The van der Waals surface area contributed by atoms with Crippen molar-refractivity contribution >= 4 is 22.8 Å². The van der Waals surface area contributed by atoms with Gasteiger partial charge in [-0.3, -0.25) is 5.10 Å². The highest BCUT2D eigenvalue weighted by atomic mass is 15.3. The van der Waals surface area contributed by atoms with E-state index < -0.39 is 0 Å². The van der Waals surface area contributed by atoms with Crippen LogP contribution in [0.4, 0.5) is 11.8 Å². The van der Waals surface area contributed by atoms with Gasteiger partial charge in [0.15, 0.2) is 5.65 Å². The minimum Gasteiger partial charge on any atom is -0.356 e. The first-order valence-electron chi connectivity index (χ1n) is 6.31. The average molecular weight is 248 g/mol. The number of fused-ring (bicyclic) bond motifs is 1. The molecule has 0 bridgehead atoms. The van der Waals surface area contributed by atoms with Crippen LogP contribution in [0, 0.1) is 0 Å². The number of hydrogen-bond acceptors (Lipinski definition) is 5. The quantitative estimate of drug-likeness (QED) is 0.847. The van der Waals surface area contributed by atoms with Crippen molar-refractivity contribution in [3.05, 3.63) is 6.20 Å². The van der Waals surface area contributed by atoms with Crippen LogP contribution in [0.1, 0.15) is 27.2 Å². The van der Waals surface area contributed by atoms with E-state index in [0.717, 1.165) is 29.8 Å². The van der Waals surface area contributed by atoms with Gasteiger partial charge in [0, 0.05) is 19.6 Å². The topological polar surface area (TPSA) is 69.7 Å². The summed E-state index contributed by atoms with van der Waals surface area (Å²) in [5.41, 5.74) is 0.770. The summed E-state index contributed by atoms with van der Waals surface area (Å²) < 4.78 is 0. The second-order valence-electron chi connectivity index (χ2n) is 4.63. The Bertz CT molecular complexity index is 518. The maximum Gasteiger partial charge on any atom is 0.226 e. The fourth-order valence-electron chi connectivity index (χ4n) is 1.65. The normalized spacial score (nSPS) is 11.2. The minimum atomic E-state index is 0.372. The van der Waals surface area contributed by atoms with Gasteiger partial charge in [-0.05, 0) is 20.3 Å². The van der Waals surface area contributed by atoms with Crippen molar-refractivity contribution in [1.82, 2.24) is 20.2 Å². The van der Waals surface area contributed by atoms with Gasteiger partial charge in [0.25, 0.3) is 0 Å². The first-order valence-corrected chi connectivity index (χ1v) is 6.31. The SMILES string of the molecule is CCCNc1nc(N(C)C(C)C)c2cn[nH]c2n1. The molecule has 2 heterocycles. The second-order valence-corrected chi connectivity index (χ2v) is 4.63. The molecular formula is C12H20N6. The monoisotopic (exact) mass is 248 g/mol. The third kappa shape index (κ3) is 2.37. The van der Waals surface area contributed by atoms with Crippen molar-refractivity contribution in [2.24, 2.45) is 0 Å². The summed E-state index contributed by atoms with van der Waals surface area (Å²) in [6, 6.07) is 0.372. The second kappa shape index (κ2) is 5.20. The van der Waals surface area contributed by atoms with E-state index in [1.54, 1.807) is 6.20 Å². The summed E-state index contributed by atoms with van der Waals surface area (Å²) in [7, 11) is 2.03. The Balaban J connectivity index is 2.44. The predicted molar refractivity (Wildman–Crippen MR) is 74.0 cm³/mol. The Labute approximate surface area is 107 Å². The third-order valence-electron chi connectivity index (χ3n) is 2.93. The minimum absolute atomic E-state index is 0.372. The fraction of sp³-hybridized carbons (Fsp3) is 0.583. The van der Waals surface area contributed by atoms with Gasteiger partial charge in [-0.25, -0.2) is 0 Å². The van der Waals surface area contributed by atoms with Crippen molar-refractivity contribution in [3.63, 3.8) is 0 Å². The van der Waals surface area contributed by atoms with E-state index >= 15 is 0 Å². The number of nitrogens with zero attached hydrogens (tertiary/aromatic N) is 4. The number of H-pyrrole nitrogens is 1. The Morgan fingerprint density at radius 2 is 2.17 bits per heavy atom. The van der Waals surface area contributed by atoms with Gasteiger partial charge < -0.3 is 10.2 Å². The zero-order chi connectivity index (χ0) is 13.1. The van der Waals surface area contributed by atoms with Crippen molar-refractivity contribution in [1.29, 1.82) is 0 Å². The molecule has 0 aliphatic heterocycles. The molecule has 2 aromatic heterocycles. The molecule has 18 heavy (non-hydrogen) atoms. The van der Waals surface area contributed by atoms with E-state index in [1.807, 2.05) is 7.05 Å². The van der Waals surface area contributed by atoms with Crippen LogP contribution in [0.2, 0.25) is 0 Å². The number of aromatic amines is 1. The molecule has 98 valence electrons. The summed E-state index contributed by atoms with van der Waals surface area (Å²) in [4.78, 5) is 11.1. The van der Waals surface area contributed by atoms with E-state index in [9.17, 15) is 0 Å². The molecule has 0 amide bonds. The Morgan fingerprint density at radius 3 is 2.83 bits per heavy atom. The molecule has 0 fully saturated rings. The smallest absolute Gasteiger partial charge is 0.226 e. The lowest BCUT2D eigenvalue weighted by atomic mass is 10.3. The van der Waals surface area contributed by atoms with E-state index in [1.165, 1.54) is 0 Å². The van der Waals surface area contributed by atoms with Crippen molar-refractivity contribution < 1.29 is 0 Å². The zero-order valence-electron chi connectivity index (χ0n) is 11.4. The summed E-state index contributed by atoms with van der Waals surface area (Å²) in [6.07, 6.45) is 2.81. The number of nitrogens with one attached hydrogen (secondary N) is 2. The van der Waals surface area contributed by atoms with Crippen LogP contribution in [0.5, 0.6) is 0 Å². The maximum absolute atomic E-state index is 4.58. The van der Waals surface area contributed by atoms with Gasteiger partial charge in [-0.1, -0.05) is 6.92 Å². The lowest BCUT2D eigenvalue weighted by Gasteiger charge is -2.23. The van der Waals surface area contributed by atoms with Gasteiger partial charge in [-0.2, -0.15) is 15.1 Å².